The van der Waals surface area contributed by atoms with Crippen molar-refractivity contribution in [3.05, 3.63) is 15.6 Å². The first-order valence-corrected chi connectivity index (χ1v) is 5.07. The summed E-state index contributed by atoms with van der Waals surface area (Å²) in [4.78, 5) is 8.30. The van der Waals surface area contributed by atoms with Crippen LogP contribution in [-0.2, 0) is 11.2 Å². The van der Waals surface area contributed by atoms with Crippen LogP contribution in [0, 0.1) is 3.57 Å². The van der Waals surface area contributed by atoms with Gasteiger partial charge in [-0.15, -0.1) is 0 Å². The number of nitrogens with two attached hydrogens (primary N) is 1. The lowest BCUT2D eigenvalue weighted by molar-refractivity contribution is 0.194. The molecule has 4 nitrogen and oxygen atoms in total. The van der Waals surface area contributed by atoms with Crippen LogP contribution in [0.1, 0.15) is 12.2 Å². The smallest absolute Gasteiger partial charge is 0.140 e. The number of ether oxygens (including phenoxy) is 1. The first kappa shape index (κ1) is 10.6. The molecule has 0 unspecified atom stereocenters. The van der Waals surface area contributed by atoms with Gasteiger partial charge in [-0.1, -0.05) is 0 Å². The third-order valence-corrected chi connectivity index (χ3v) is 2.40. The van der Waals surface area contributed by atoms with Crippen molar-refractivity contribution < 1.29 is 4.74 Å². The molecule has 0 saturated heterocycles. The first-order valence-electron chi connectivity index (χ1n) is 4.00. The van der Waals surface area contributed by atoms with Crippen LogP contribution in [0.3, 0.4) is 0 Å². The molecule has 0 aliphatic heterocycles. The van der Waals surface area contributed by atoms with Crippen LogP contribution in [0.15, 0.2) is 6.20 Å². The van der Waals surface area contributed by atoms with Crippen LogP contribution in [0.4, 0.5) is 5.82 Å². The van der Waals surface area contributed by atoms with Crippen LogP contribution in [0.5, 0.6) is 0 Å². The number of methoxy groups -OCH3 is 1. The van der Waals surface area contributed by atoms with Crippen molar-refractivity contribution in [3.63, 3.8) is 0 Å². The van der Waals surface area contributed by atoms with Crippen molar-refractivity contribution in [2.45, 2.75) is 12.8 Å². The maximum atomic E-state index is 5.64. The summed E-state index contributed by atoms with van der Waals surface area (Å²) in [7, 11) is 1.68. The normalized spacial score (nSPS) is 10.3. The Morgan fingerprint density at radius 3 is 3.00 bits per heavy atom. The second-order valence-electron chi connectivity index (χ2n) is 2.62. The maximum Gasteiger partial charge on any atom is 0.140 e. The molecule has 0 fully saturated rings. The average Bonchev–Trinajstić information content (AvgIpc) is 2.12. The molecule has 1 aromatic rings. The van der Waals surface area contributed by atoms with Crippen molar-refractivity contribution in [3.8, 4) is 0 Å². The zero-order valence-electron chi connectivity index (χ0n) is 7.46. The van der Waals surface area contributed by atoms with Gasteiger partial charge in [-0.2, -0.15) is 0 Å². The van der Waals surface area contributed by atoms with E-state index in [2.05, 4.69) is 32.6 Å². The number of hydrogen-bond donors (Lipinski definition) is 1. The molecular weight excluding hydrogens is 281 g/mol. The molecule has 0 saturated carbocycles. The average molecular weight is 293 g/mol. The number of aryl methyl sites for hydroxylation is 1. The summed E-state index contributed by atoms with van der Waals surface area (Å²) in [6.07, 6.45) is 3.48. The molecule has 72 valence electrons. The van der Waals surface area contributed by atoms with Crippen molar-refractivity contribution in [1.82, 2.24) is 9.97 Å². The Balaban J connectivity index is 2.53. The SMILES string of the molecule is COCCCc1ncc(I)c(N)n1. The van der Waals surface area contributed by atoms with Crippen LogP contribution < -0.4 is 5.73 Å². The lowest BCUT2D eigenvalue weighted by Crippen LogP contribution is -2.03. The summed E-state index contributed by atoms with van der Waals surface area (Å²) >= 11 is 2.11. The first-order chi connectivity index (χ1) is 6.24. The van der Waals surface area contributed by atoms with E-state index in [0.717, 1.165) is 28.8 Å². The van der Waals surface area contributed by atoms with Gasteiger partial charge in [-0.25, -0.2) is 9.97 Å². The molecule has 0 atom stereocenters. The highest BCUT2D eigenvalue weighted by molar-refractivity contribution is 14.1. The summed E-state index contributed by atoms with van der Waals surface area (Å²) in [5, 5.41) is 0. The van der Waals surface area contributed by atoms with Gasteiger partial charge in [0.25, 0.3) is 0 Å². The predicted octanol–water partition coefficient (Wildman–Crippen LogP) is 1.24. The van der Waals surface area contributed by atoms with E-state index >= 15 is 0 Å². The Morgan fingerprint density at radius 2 is 2.38 bits per heavy atom. The van der Waals surface area contributed by atoms with Crippen molar-refractivity contribution in [2.24, 2.45) is 0 Å². The predicted molar refractivity (Wildman–Crippen MR) is 59.4 cm³/mol. The number of halogens is 1. The second kappa shape index (κ2) is 5.33. The van der Waals surface area contributed by atoms with Gasteiger partial charge in [0.1, 0.15) is 11.6 Å². The van der Waals surface area contributed by atoms with Crippen molar-refractivity contribution >= 4 is 28.4 Å². The number of nitrogens with zero attached hydrogens (tertiary/aromatic N) is 2. The van der Waals surface area contributed by atoms with Gasteiger partial charge >= 0.3 is 0 Å². The minimum atomic E-state index is 0.558. The minimum absolute atomic E-state index is 0.558. The third kappa shape index (κ3) is 3.43. The molecule has 0 amide bonds. The molecule has 0 aromatic carbocycles. The van der Waals surface area contributed by atoms with Gasteiger partial charge in [0.05, 0.1) is 3.57 Å². The zero-order chi connectivity index (χ0) is 9.68. The fraction of sp³-hybridized carbons (Fsp3) is 0.500. The molecule has 2 N–H and O–H groups in total. The molecule has 1 aromatic heterocycles. The Labute approximate surface area is 91.0 Å². The maximum absolute atomic E-state index is 5.64. The highest BCUT2D eigenvalue weighted by atomic mass is 127. The van der Waals surface area contributed by atoms with Crippen LogP contribution >= 0.6 is 22.6 Å². The van der Waals surface area contributed by atoms with E-state index in [4.69, 9.17) is 10.5 Å². The van der Waals surface area contributed by atoms with E-state index in [1.165, 1.54) is 0 Å². The second-order valence-corrected chi connectivity index (χ2v) is 3.78. The van der Waals surface area contributed by atoms with Crippen molar-refractivity contribution in [1.29, 1.82) is 0 Å². The number of hydrogen-bond acceptors (Lipinski definition) is 4. The number of aromatic nitrogens is 2. The van der Waals surface area contributed by atoms with E-state index < -0.39 is 0 Å². The molecule has 1 rings (SSSR count). The number of rotatable bonds is 4. The van der Waals surface area contributed by atoms with Crippen molar-refractivity contribution in [2.75, 3.05) is 19.5 Å². The Morgan fingerprint density at radius 1 is 1.62 bits per heavy atom. The molecule has 0 bridgehead atoms. The molecule has 13 heavy (non-hydrogen) atoms. The fourth-order valence-electron chi connectivity index (χ4n) is 0.914. The van der Waals surface area contributed by atoms with E-state index in [1.54, 1.807) is 13.3 Å². The topological polar surface area (TPSA) is 61.0 Å². The molecule has 0 aliphatic carbocycles. The van der Waals surface area contributed by atoms with Gasteiger partial charge in [-0.3, -0.25) is 0 Å². The fourth-order valence-corrected chi connectivity index (χ4v) is 1.17. The van der Waals surface area contributed by atoms with E-state index in [-0.39, 0.29) is 0 Å². The van der Waals surface area contributed by atoms with Gasteiger partial charge in [0.2, 0.25) is 0 Å². The molecule has 5 heteroatoms. The summed E-state index contributed by atoms with van der Waals surface area (Å²) in [6.45, 7) is 0.731. The lowest BCUT2D eigenvalue weighted by Gasteiger charge is -2.01. The van der Waals surface area contributed by atoms with Crippen LogP contribution in [0.2, 0.25) is 0 Å². The quantitative estimate of drug-likeness (QED) is 0.670. The Bertz CT molecular complexity index is 280. The standard InChI is InChI=1S/C8H12IN3O/c1-13-4-2-3-7-11-5-6(9)8(10)12-7/h5H,2-4H2,1H3,(H2,10,11,12). The van der Waals surface area contributed by atoms with Gasteiger partial charge in [0.15, 0.2) is 0 Å². The third-order valence-electron chi connectivity index (χ3n) is 1.57. The van der Waals surface area contributed by atoms with Gasteiger partial charge in [-0.05, 0) is 29.0 Å². The summed E-state index contributed by atoms with van der Waals surface area (Å²) in [6, 6.07) is 0. The van der Waals surface area contributed by atoms with E-state index in [9.17, 15) is 0 Å². The molecular formula is C8H12IN3O. The molecule has 0 radical (unpaired) electrons. The zero-order valence-corrected chi connectivity index (χ0v) is 9.61. The highest BCUT2D eigenvalue weighted by Crippen LogP contribution is 2.10. The monoisotopic (exact) mass is 293 g/mol. The highest BCUT2D eigenvalue weighted by Gasteiger charge is 2.00. The molecule has 0 aliphatic rings. The van der Waals surface area contributed by atoms with Crippen LogP contribution in [-0.4, -0.2) is 23.7 Å². The van der Waals surface area contributed by atoms with E-state index in [0.29, 0.717) is 5.82 Å². The molecule has 0 spiro atoms. The summed E-state index contributed by atoms with van der Waals surface area (Å²) in [5.41, 5.74) is 5.64. The Kier molecular flexibility index (Phi) is 4.37. The van der Waals surface area contributed by atoms with Gasteiger partial charge in [0, 0.05) is 26.3 Å². The molecule has 1 heterocycles. The summed E-state index contributed by atoms with van der Waals surface area (Å²) < 4.78 is 5.83. The van der Waals surface area contributed by atoms with E-state index in [1.807, 2.05) is 0 Å². The summed E-state index contributed by atoms with van der Waals surface area (Å²) in [5.74, 6) is 1.35. The van der Waals surface area contributed by atoms with Crippen LogP contribution in [0.25, 0.3) is 0 Å². The lowest BCUT2D eigenvalue weighted by atomic mass is 10.3. The minimum Gasteiger partial charge on any atom is -0.385 e. The number of nitrogen functional groups attached to an aromatic ring is 1. The number of anilines is 1. The Hall–Kier alpha value is -0.430. The largest absolute Gasteiger partial charge is 0.385 e. The van der Waals surface area contributed by atoms with Gasteiger partial charge < -0.3 is 10.5 Å².